The first-order valence-corrected chi connectivity index (χ1v) is 7.99. The maximum Gasteiger partial charge on any atom is 0.0629 e. The smallest absolute Gasteiger partial charge is 0.0629 e. The van der Waals surface area contributed by atoms with Crippen LogP contribution >= 0.6 is 0 Å². The lowest BCUT2D eigenvalue weighted by atomic mass is 9.81. The van der Waals surface area contributed by atoms with E-state index in [9.17, 15) is 0 Å². The van der Waals surface area contributed by atoms with Crippen LogP contribution in [0.15, 0.2) is 0 Å². The Kier molecular flexibility index (Phi) is 7.09. The molecule has 0 aliphatic heterocycles. The molecule has 19 heavy (non-hydrogen) atoms. The summed E-state index contributed by atoms with van der Waals surface area (Å²) in [7, 11) is 0. The Balaban J connectivity index is 4.93. The largest absolute Gasteiger partial charge is 0.374 e. The molecule has 0 fully saturated rings. The van der Waals surface area contributed by atoms with E-state index in [1.807, 2.05) is 0 Å². The van der Waals surface area contributed by atoms with E-state index in [0.29, 0.717) is 24.0 Å². The fourth-order valence-electron chi connectivity index (χ4n) is 2.28. The molecule has 2 atom stereocenters. The van der Waals surface area contributed by atoms with Gasteiger partial charge in [-0.25, -0.2) is 0 Å². The molecular formula is C18H38O. The lowest BCUT2D eigenvalue weighted by molar-refractivity contribution is -0.120. The molecule has 0 aromatic heterocycles. The van der Waals surface area contributed by atoms with Crippen LogP contribution in [-0.2, 0) is 4.74 Å². The third-order valence-electron chi connectivity index (χ3n) is 3.63. The van der Waals surface area contributed by atoms with Gasteiger partial charge in [0.2, 0.25) is 0 Å². The van der Waals surface area contributed by atoms with Crippen LogP contribution in [0.5, 0.6) is 0 Å². The average molecular weight is 271 g/mol. The first-order valence-electron chi connectivity index (χ1n) is 7.99. The van der Waals surface area contributed by atoms with Crippen molar-refractivity contribution in [2.24, 2.45) is 22.7 Å². The Bertz CT molecular complexity index is 213. The van der Waals surface area contributed by atoms with Crippen LogP contribution in [0.1, 0.15) is 82.1 Å². The quantitative estimate of drug-likeness (QED) is 0.581. The molecule has 0 spiro atoms. The predicted octanol–water partition coefficient (Wildman–Crippen LogP) is 5.92. The molecule has 0 heterocycles. The minimum Gasteiger partial charge on any atom is -0.374 e. The first kappa shape index (κ1) is 19.0. The molecule has 1 nitrogen and oxygen atoms in total. The molecule has 0 aliphatic carbocycles. The third kappa shape index (κ3) is 7.97. The zero-order valence-corrected chi connectivity index (χ0v) is 15.1. The minimum absolute atomic E-state index is 0.213. The summed E-state index contributed by atoms with van der Waals surface area (Å²) in [5.41, 5.74) is 0.426. The Labute approximate surface area is 122 Å². The molecular weight excluding hydrogens is 232 g/mol. The molecule has 0 aromatic carbocycles. The molecule has 0 bridgehead atoms. The summed E-state index contributed by atoms with van der Waals surface area (Å²) in [4.78, 5) is 0. The summed E-state index contributed by atoms with van der Waals surface area (Å²) in [6.07, 6.45) is 2.98. The Hall–Kier alpha value is -0.0400. The third-order valence-corrected chi connectivity index (χ3v) is 3.63. The second-order valence-electron chi connectivity index (χ2n) is 9.10. The predicted molar refractivity (Wildman–Crippen MR) is 86.5 cm³/mol. The Morgan fingerprint density at radius 2 is 0.895 bits per heavy atom. The molecule has 0 amide bonds. The van der Waals surface area contributed by atoms with Crippen molar-refractivity contribution >= 4 is 0 Å². The van der Waals surface area contributed by atoms with Crippen molar-refractivity contribution in [2.45, 2.75) is 94.3 Å². The second-order valence-corrected chi connectivity index (χ2v) is 9.10. The molecule has 0 unspecified atom stereocenters. The van der Waals surface area contributed by atoms with Crippen molar-refractivity contribution in [3.63, 3.8) is 0 Å². The van der Waals surface area contributed by atoms with E-state index in [1.165, 1.54) is 0 Å². The Morgan fingerprint density at radius 1 is 0.632 bits per heavy atom. The molecule has 0 saturated heterocycles. The molecule has 0 aliphatic rings. The summed E-state index contributed by atoms with van der Waals surface area (Å²) in [6, 6.07) is 0. The highest BCUT2D eigenvalue weighted by Gasteiger charge is 2.34. The van der Waals surface area contributed by atoms with Gasteiger partial charge >= 0.3 is 0 Å². The van der Waals surface area contributed by atoms with Crippen molar-refractivity contribution in [1.82, 2.24) is 0 Å². The highest BCUT2D eigenvalue weighted by Crippen LogP contribution is 2.35. The monoisotopic (exact) mass is 270 g/mol. The van der Waals surface area contributed by atoms with Crippen LogP contribution < -0.4 is 0 Å². The number of ether oxygens (including phenoxy) is 1. The van der Waals surface area contributed by atoms with Gasteiger partial charge in [0.15, 0.2) is 0 Å². The van der Waals surface area contributed by atoms with Crippen LogP contribution in [-0.4, -0.2) is 12.2 Å². The Morgan fingerprint density at radius 3 is 1.05 bits per heavy atom. The molecule has 116 valence electrons. The van der Waals surface area contributed by atoms with E-state index < -0.39 is 0 Å². The summed E-state index contributed by atoms with van der Waals surface area (Å²) in [5, 5.41) is 0. The van der Waals surface area contributed by atoms with Crippen molar-refractivity contribution in [3.8, 4) is 0 Å². The number of rotatable bonds is 6. The van der Waals surface area contributed by atoms with Gasteiger partial charge in [0.25, 0.3) is 0 Å². The minimum atomic E-state index is 0.213. The summed E-state index contributed by atoms with van der Waals surface area (Å²) >= 11 is 0. The lowest BCUT2D eigenvalue weighted by Crippen LogP contribution is -2.40. The zero-order chi connectivity index (χ0) is 15.4. The van der Waals surface area contributed by atoms with Gasteiger partial charge in [0.05, 0.1) is 12.2 Å². The standard InChI is InChI=1S/C18H38O/c1-13(2)11-15(17(5,6)7)19-16(12-14(3)4)18(8,9)10/h13-16H,11-12H2,1-10H3/t15-,16-/m1/s1. The second kappa shape index (κ2) is 7.11. The highest BCUT2D eigenvalue weighted by molar-refractivity contribution is 4.82. The topological polar surface area (TPSA) is 9.23 Å². The van der Waals surface area contributed by atoms with Gasteiger partial charge in [-0.3, -0.25) is 0 Å². The molecule has 0 saturated carbocycles. The van der Waals surface area contributed by atoms with Gasteiger partial charge in [-0.15, -0.1) is 0 Å². The summed E-state index contributed by atoms with van der Waals surface area (Å²) < 4.78 is 6.60. The maximum atomic E-state index is 6.60. The first-order chi connectivity index (χ1) is 8.34. The molecule has 0 N–H and O–H groups in total. The molecule has 0 radical (unpaired) electrons. The van der Waals surface area contributed by atoms with Crippen LogP contribution in [0, 0.1) is 22.7 Å². The van der Waals surface area contributed by atoms with Crippen LogP contribution in [0.2, 0.25) is 0 Å². The highest BCUT2D eigenvalue weighted by atomic mass is 16.5. The van der Waals surface area contributed by atoms with E-state index in [4.69, 9.17) is 4.74 Å². The van der Waals surface area contributed by atoms with Crippen LogP contribution in [0.4, 0.5) is 0 Å². The maximum absolute atomic E-state index is 6.60. The normalized spacial score (nSPS) is 17.1. The van der Waals surface area contributed by atoms with Gasteiger partial charge < -0.3 is 4.74 Å². The molecule has 1 heteroatoms. The van der Waals surface area contributed by atoms with Crippen LogP contribution in [0.3, 0.4) is 0 Å². The van der Waals surface area contributed by atoms with Gasteiger partial charge in [0, 0.05) is 0 Å². The number of hydrogen-bond donors (Lipinski definition) is 0. The van der Waals surface area contributed by atoms with E-state index >= 15 is 0 Å². The fourth-order valence-corrected chi connectivity index (χ4v) is 2.28. The van der Waals surface area contributed by atoms with Crippen LogP contribution in [0.25, 0.3) is 0 Å². The van der Waals surface area contributed by atoms with Crippen molar-refractivity contribution < 1.29 is 4.74 Å². The zero-order valence-electron chi connectivity index (χ0n) is 15.1. The van der Waals surface area contributed by atoms with E-state index in [0.717, 1.165) is 12.8 Å². The van der Waals surface area contributed by atoms with E-state index in [1.54, 1.807) is 0 Å². The van der Waals surface area contributed by atoms with Gasteiger partial charge in [-0.05, 0) is 35.5 Å². The number of hydrogen-bond acceptors (Lipinski definition) is 1. The van der Waals surface area contributed by atoms with Gasteiger partial charge in [-0.1, -0.05) is 69.2 Å². The van der Waals surface area contributed by atoms with E-state index in [2.05, 4.69) is 69.2 Å². The van der Waals surface area contributed by atoms with E-state index in [-0.39, 0.29) is 10.8 Å². The summed E-state index contributed by atoms with van der Waals surface area (Å²) in [6.45, 7) is 23.0. The van der Waals surface area contributed by atoms with Crippen molar-refractivity contribution in [1.29, 1.82) is 0 Å². The lowest BCUT2D eigenvalue weighted by Gasteiger charge is -2.40. The SMILES string of the molecule is CC(C)C[C@@H](O[C@H](CC(C)C)C(C)(C)C)C(C)(C)C. The fraction of sp³-hybridized carbons (Fsp3) is 1.00. The summed E-state index contributed by atoms with van der Waals surface area (Å²) in [5.74, 6) is 1.37. The molecule has 0 rings (SSSR count). The van der Waals surface area contributed by atoms with Gasteiger partial charge in [-0.2, -0.15) is 0 Å². The van der Waals surface area contributed by atoms with Gasteiger partial charge in [0.1, 0.15) is 0 Å². The average Bonchev–Trinajstić information content (AvgIpc) is 2.10. The van der Waals surface area contributed by atoms with Crippen molar-refractivity contribution in [3.05, 3.63) is 0 Å². The van der Waals surface area contributed by atoms with Crippen molar-refractivity contribution in [2.75, 3.05) is 0 Å². The molecule has 0 aromatic rings.